The van der Waals surface area contributed by atoms with Crippen molar-refractivity contribution in [2.24, 2.45) is 5.73 Å². The molecule has 4 heteroatoms. The van der Waals surface area contributed by atoms with Crippen molar-refractivity contribution < 1.29 is 9.53 Å². The number of nitrogens with two attached hydrogens (primary N) is 1. The van der Waals surface area contributed by atoms with E-state index in [9.17, 15) is 4.79 Å². The first-order valence-corrected chi connectivity index (χ1v) is 7.30. The van der Waals surface area contributed by atoms with E-state index < -0.39 is 0 Å². The second-order valence-corrected chi connectivity index (χ2v) is 5.47. The number of carbonyl (C=O) groups excluding carboxylic acids is 1. The predicted molar refractivity (Wildman–Crippen MR) is 79.6 cm³/mol. The van der Waals surface area contributed by atoms with Crippen molar-refractivity contribution in [3.05, 3.63) is 34.9 Å². The summed E-state index contributed by atoms with van der Waals surface area (Å²) in [5, 5.41) is 2.97. The molecule has 1 aliphatic rings. The number of amides is 1. The highest BCUT2D eigenvalue weighted by Crippen LogP contribution is 2.19. The van der Waals surface area contributed by atoms with Crippen molar-refractivity contribution in [2.75, 3.05) is 13.1 Å². The minimum absolute atomic E-state index is 0.00723. The minimum atomic E-state index is -0.318. The van der Waals surface area contributed by atoms with Gasteiger partial charge in [0.25, 0.3) is 0 Å². The third-order valence-electron chi connectivity index (χ3n) is 3.98. The van der Waals surface area contributed by atoms with Crippen LogP contribution in [0.1, 0.15) is 29.5 Å². The van der Waals surface area contributed by atoms with E-state index in [-0.39, 0.29) is 18.1 Å². The Bertz CT molecular complexity index is 453. The van der Waals surface area contributed by atoms with E-state index in [1.165, 1.54) is 16.7 Å². The van der Waals surface area contributed by atoms with Gasteiger partial charge in [0.1, 0.15) is 6.10 Å². The molecule has 4 nitrogen and oxygen atoms in total. The largest absolute Gasteiger partial charge is 0.364 e. The van der Waals surface area contributed by atoms with E-state index in [1.54, 1.807) is 0 Å². The first kappa shape index (κ1) is 15.0. The minimum Gasteiger partial charge on any atom is -0.364 e. The highest BCUT2D eigenvalue weighted by Gasteiger charge is 2.29. The Labute approximate surface area is 120 Å². The molecule has 2 rings (SSSR count). The average Bonchev–Trinajstić information content (AvgIpc) is 2.91. The average molecular weight is 276 g/mol. The smallest absolute Gasteiger partial charge is 0.249 e. The quantitative estimate of drug-likeness (QED) is 0.856. The molecule has 20 heavy (non-hydrogen) atoms. The molecule has 3 N–H and O–H groups in total. The molecule has 1 aromatic carbocycles. The van der Waals surface area contributed by atoms with Gasteiger partial charge in [-0.15, -0.1) is 0 Å². The summed E-state index contributed by atoms with van der Waals surface area (Å²) in [7, 11) is 0. The molecule has 0 saturated carbocycles. The summed E-state index contributed by atoms with van der Waals surface area (Å²) in [6.07, 6.45) is 2.24. The molecule has 1 saturated heterocycles. The summed E-state index contributed by atoms with van der Waals surface area (Å²) >= 11 is 0. The van der Waals surface area contributed by atoms with Gasteiger partial charge in [-0.2, -0.15) is 0 Å². The number of benzene rings is 1. The van der Waals surface area contributed by atoms with Crippen LogP contribution in [0.3, 0.4) is 0 Å². The van der Waals surface area contributed by atoms with Crippen molar-refractivity contribution >= 4 is 5.91 Å². The third kappa shape index (κ3) is 3.58. The molecule has 1 aliphatic heterocycles. The van der Waals surface area contributed by atoms with E-state index in [0.717, 1.165) is 19.3 Å². The SMILES string of the molecule is Cc1cccc(C)c1CCNC(=O)[C@@H]1CC[C@H](CN)O1. The number of nitrogens with one attached hydrogen (secondary N) is 1. The molecule has 1 heterocycles. The molecule has 1 aromatic rings. The fourth-order valence-corrected chi connectivity index (χ4v) is 2.74. The molecule has 1 amide bonds. The second-order valence-electron chi connectivity index (χ2n) is 5.47. The van der Waals surface area contributed by atoms with Crippen LogP contribution in [0, 0.1) is 13.8 Å². The Hall–Kier alpha value is -1.39. The van der Waals surface area contributed by atoms with Crippen molar-refractivity contribution in [1.29, 1.82) is 0 Å². The summed E-state index contributed by atoms with van der Waals surface area (Å²) in [5.74, 6) is -0.00723. The maximum absolute atomic E-state index is 12.0. The summed E-state index contributed by atoms with van der Waals surface area (Å²) in [6, 6.07) is 6.28. The second kappa shape index (κ2) is 6.86. The molecule has 0 aromatic heterocycles. The molecule has 0 aliphatic carbocycles. The molecule has 0 spiro atoms. The number of hydrogen-bond acceptors (Lipinski definition) is 3. The molecule has 0 radical (unpaired) electrons. The normalized spacial score (nSPS) is 21.9. The Kier molecular flexibility index (Phi) is 5.15. The topological polar surface area (TPSA) is 64.4 Å². The van der Waals surface area contributed by atoms with Gasteiger partial charge in [-0.05, 0) is 49.8 Å². The molecule has 110 valence electrons. The van der Waals surface area contributed by atoms with Crippen LogP contribution in [0.25, 0.3) is 0 Å². The van der Waals surface area contributed by atoms with Crippen LogP contribution in [-0.2, 0) is 16.0 Å². The van der Waals surface area contributed by atoms with E-state index >= 15 is 0 Å². The molecule has 1 fully saturated rings. The number of carbonyl (C=O) groups is 1. The Balaban J connectivity index is 1.80. The number of rotatable bonds is 5. The van der Waals surface area contributed by atoms with Gasteiger partial charge in [-0.25, -0.2) is 0 Å². The molecule has 0 unspecified atom stereocenters. The van der Waals surface area contributed by atoms with Gasteiger partial charge in [-0.1, -0.05) is 18.2 Å². The zero-order chi connectivity index (χ0) is 14.5. The van der Waals surface area contributed by atoms with Gasteiger partial charge in [0.05, 0.1) is 6.10 Å². The highest BCUT2D eigenvalue weighted by molar-refractivity contribution is 5.81. The van der Waals surface area contributed by atoms with Gasteiger partial charge in [-0.3, -0.25) is 4.79 Å². The third-order valence-corrected chi connectivity index (χ3v) is 3.98. The van der Waals surface area contributed by atoms with Gasteiger partial charge >= 0.3 is 0 Å². The van der Waals surface area contributed by atoms with Crippen molar-refractivity contribution in [1.82, 2.24) is 5.32 Å². The van der Waals surface area contributed by atoms with E-state index in [2.05, 4.69) is 37.4 Å². The van der Waals surface area contributed by atoms with Gasteiger partial charge in [0.15, 0.2) is 0 Å². The zero-order valence-corrected chi connectivity index (χ0v) is 12.3. The van der Waals surface area contributed by atoms with Crippen LogP contribution < -0.4 is 11.1 Å². The van der Waals surface area contributed by atoms with Crippen molar-refractivity contribution in [2.45, 2.75) is 45.3 Å². The van der Waals surface area contributed by atoms with E-state index in [0.29, 0.717) is 13.1 Å². The lowest BCUT2D eigenvalue weighted by Crippen LogP contribution is -2.36. The first-order valence-electron chi connectivity index (χ1n) is 7.30. The van der Waals surface area contributed by atoms with Gasteiger partial charge < -0.3 is 15.8 Å². The van der Waals surface area contributed by atoms with E-state index in [1.807, 2.05) is 0 Å². The molecular weight excluding hydrogens is 252 g/mol. The van der Waals surface area contributed by atoms with Crippen LogP contribution in [-0.4, -0.2) is 31.2 Å². The number of aryl methyl sites for hydroxylation is 2. The Morgan fingerprint density at radius 3 is 2.65 bits per heavy atom. The number of hydrogen-bond donors (Lipinski definition) is 2. The highest BCUT2D eigenvalue weighted by atomic mass is 16.5. The lowest BCUT2D eigenvalue weighted by molar-refractivity contribution is -0.131. The van der Waals surface area contributed by atoms with Crippen LogP contribution in [0.15, 0.2) is 18.2 Å². The fourth-order valence-electron chi connectivity index (χ4n) is 2.74. The van der Waals surface area contributed by atoms with Gasteiger partial charge in [0.2, 0.25) is 5.91 Å². The van der Waals surface area contributed by atoms with Crippen LogP contribution in [0.4, 0.5) is 0 Å². The van der Waals surface area contributed by atoms with Crippen molar-refractivity contribution in [3.8, 4) is 0 Å². The summed E-state index contributed by atoms with van der Waals surface area (Å²) in [5.41, 5.74) is 9.42. The lowest BCUT2D eigenvalue weighted by atomic mass is 10.0. The lowest BCUT2D eigenvalue weighted by Gasteiger charge is -2.14. The fraction of sp³-hybridized carbons (Fsp3) is 0.562. The monoisotopic (exact) mass is 276 g/mol. The Morgan fingerprint density at radius 2 is 2.05 bits per heavy atom. The Morgan fingerprint density at radius 1 is 1.35 bits per heavy atom. The molecule has 2 atom stereocenters. The van der Waals surface area contributed by atoms with Crippen LogP contribution >= 0.6 is 0 Å². The van der Waals surface area contributed by atoms with Crippen LogP contribution in [0.2, 0.25) is 0 Å². The summed E-state index contributed by atoms with van der Waals surface area (Å²) < 4.78 is 5.59. The van der Waals surface area contributed by atoms with Crippen molar-refractivity contribution in [3.63, 3.8) is 0 Å². The molecule has 0 bridgehead atoms. The predicted octanol–water partition coefficient (Wildman–Crippen LogP) is 1.47. The summed E-state index contributed by atoms with van der Waals surface area (Å²) in [6.45, 7) is 5.36. The van der Waals surface area contributed by atoms with E-state index in [4.69, 9.17) is 10.5 Å². The molecular formula is C16H24N2O2. The summed E-state index contributed by atoms with van der Waals surface area (Å²) in [4.78, 5) is 12.0. The van der Waals surface area contributed by atoms with Gasteiger partial charge in [0, 0.05) is 13.1 Å². The first-order chi connectivity index (χ1) is 9.61. The standard InChI is InChI=1S/C16H24N2O2/c1-11-4-3-5-12(2)14(11)8-9-18-16(19)15-7-6-13(10-17)20-15/h3-5,13,15H,6-10,17H2,1-2H3,(H,18,19)/t13-,15+/m1/s1. The van der Waals surface area contributed by atoms with Crippen LogP contribution in [0.5, 0.6) is 0 Å². The maximum atomic E-state index is 12.0. The maximum Gasteiger partial charge on any atom is 0.249 e. The zero-order valence-electron chi connectivity index (χ0n) is 12.3. The number of ether oxygens (including phenoxy) is 1.